The summed E-state index contributed by atoms with van der Waals surface area (Å²) in [7, 11) is 0. The highest BCUT2D eigenvalue weighted by molar-refractivity contribution is 5.91. The number of nitro benzene ring substituents is 1. The fourth-order valence-corrected chi connectivity index (χ4v) is 3.48. The van der Waals surface area contributed by atoms with E-state index < -0.39 is 10.9 Å². The molecule has 1 fully saturated rings. The van der Waals surface area contributed by atoms with Crippen LogP contribution in [0.3, 0.4) is 0 Å². The largest absolute Gasteiger partial charge is 0.490 e. The van der Waals surface area contributed by atoms with E-state index in [1.54, 1.807) is 12.1 Å². The zero-order valence-electron chi connectivity index (χ0n) is 16.8. The number of ether oxygens (including phenoxy) is 2. The normalized spacial score (nSPS) is 16.3. The van der Waals surface area contributed by atoms with Gasteiger partial charge in [-0.2, -0.15) is 0 Å². The third-order valence-corrected chi connectivity index (χ3v) is 5.01. The van der Waals surface area contributed by atoms with Crippen LogP contribution < -0.4 is 9.64 Å². The number of nitrogens with zero attached hydrogens (tertiary/aromatic N) is 2. The highest BCUT2D eigenvalue weighted by Gasteiger charge is 2.25. The summed E-state index contributed by atoms with van der Waals surface area (Å²) in [4.78, 5) is 25.5. The van der Waals surface area contributed by atoms with Gasteiger partial charge in [0.15, 0.2) is 0 Å². The highest BCUT2D eigenvalue weighted by Crippen LogP contribution is 2.32. The zero-order valence-corrected chi connectivity index (χ0v) is 16.8. The number of carbonyl (C=O) groups is 1. The molecule has 7 nitrogen and oxygen atoms in total. The average Bonchev–Trinajstić information content (AvgIpc) is 2.72. The molecule has 1 heterocycles. The predicted molar refractivity (Wildman–Crippen MR) is 111 cm³/mol. The van der Waals surface area contributed by atoms with Gasteiger partial charge in [0.2, 0.25) is 0 Å². The Kier molecular flexibility index (Phi) is 6.69. The SMILES string of the molecule is Cc1ccc(OCCOC(=O)c2ccc(N3CCC[C@H](C)C3)c([N+](=O)[O-])c2)cc1. The molecule has 0 spiro atoms. The van der Waals surface area contributed by atoms with Crippen molar-refractivity contribution in [2.45, 2.75) is 26.7 Å². The maximum absolute atomic E-state index is 12.3. The molecule has 2 aromatic carbocycles. The predicted octanol–water partition coefficient (Wildman–Crippen LogP) is 4.38. The summed E-state index contributed by atoms with van der Waals surface area (Å²) in [6, 6.07) is 12.1. The van der Waals surface area contributed by atoms with Crippen molar-refractivity contribution in [3.8, 4) is 5.75 Å². The lowest BCUT2D eigenvalue weighted by atomic mass is 9.99. The fraction of sp³-hybridized carbons (Fsp3) is 0.409. The smallest absolute Gasteiger partial charge is 0.338 e. The molecule has 0 aliphatic carbocycles. The number of esters is 1. The van der Waals surface area contributed by atoms with Gasteiger partial charge in [-0.1, -0.05) is 24.6 Å². The van der Waals surface area contributed by atoms with Crippen LogP contribution in [-0.2, 0) is 4.74 Å². The van der Waals surface area contributed by atoms with Crippen LogP contribution in [0, 0.1) is 23.0 Å². The molecule has 1 aliphatic heterocycles. The van der Waals surface area contributed by atoms with E-state index in [-0.39, 0.29) is 24.5 Å². The van der Waals surface area contributed by atoms with Gasteiger partial charge >= 0.3 is 5.97 Å². The van der Waals surface area contributed by atoms with Crippen molar-refractivity contribution < 1.29 is 19.2 Å². The topological polar surface area (TPSA) is 81.9 Å². The Morgan fingerprint density at radius 1 is 1.21 bits per heavy atom. The van der Waals surface area contributed by atoms with Crippen LogP contribution in [0.4, 0.5) is 11.4 Å². The van der Waals surface area contributed by atoms with Crippen LogP contribution in [-0.4, -0.2) is 37.2 Å². The number of hydrogen-bond acceptors (Lipinski definition) is 6. The lowest BCUT2D eigenvalue weighted by Crippen LogP contribution is -2.34. The van der Waals surface area contributed by atoms with E-state index in [4.69, 9.17) is 9.47 Å². The summed E-state index contributed by atoms with van der Waals surface area (Å²) >= 11 is 0. The van der Waals surface area contributed by atoms with Crippen molar-refractivity contribution in [1.82, 2.24) is 0 Å². The summed E-state index contributed by atoms with van der Waals surface area (Å²) < 4.78 is 10.7. The molecule has 0 N–H and O–H groups in total. The van der Waals surface area contributed by atoms with Gasteiger partial charge in [-0.05, 0) is 49.9 Å². The van der Waals surface area contributed by atoms with Crippen LogP contribution in [0.25, 0.3) is 0 Å². The minimum absolute atomic E-state index is 0.0614. The summed E-state index contributed by atoms with van der Waals surface area (Å²) in [6.45, 7) is 5.96. The second-order valence-corrected chi connectivity index (χ2v) is 7.45. The molecule has 1 atom stereocenters. The number of anilines is 1. The molecule has 3 rings (SSSR count). The lowest BCUT2D eigenvalue weighted by Gasteiger charge is -2.32. The second-order valence-electron chi connectivity index (χ2n) is 7.45. The van der Waals surface area contributed by atoms with E-state index >= 15 is 0 Å². The van der Waals surface area contributed by atoms with E-state index in [1.165, 1.54) is 6.07 Å². The van der Waals surface area contributed by atoms with Crippen LogP contribution in [0.5, 0.6) is 5.75 Å². The Labute approximate surface area is 170 Å². The van der Waals surface area contributed by atoms with E-state index in [2.05, 4.69) is 6.92 Å². The molecule has 1 saturated heterocycles. The van der Waals surface area contributed by atoms with E-state index in [0.29, 0.717) is 17.4 Å². The van der Waals surface area contributed by atoms with Crippen molar-refractivity contribution >= 4 is 17.3 Å². The van der Waals surface area contributed by atoms with E-state index in [1.807, 2.05) is 36.1 Å². The molecule has 2 aromatic rings. The minimum atomic E-state index is -0.598. The highest BCUT2D eigenvalue weighted by atomic mass is 16.6. The second kappa shape index (κ2) is 9.41. The maximum atomic E-state index is 12.3. The van der Waals surface area contributed by atoms with Crippen LogP contribution in [0.15, 0.2) is 42.5 Å². The fourth-order valence-electron chi connectivity index (χ4n) is 3.48. The first-order valence-electron chi connectivity index (χ1n) is 9.84. The van der Waals surface area contributed by atoms with Crippen molar-refractivity contribution in [2.75, 3.05) is 31.2 Å². The van der Waals surface area contributed by atoms with Gasteiger partial charge in [0.1, 0.15) is 24.7 Å². The Morgan fingerprint density at radius 3 is 2.66 bits per heavy atom. The first-order chi connectivity index (χ1) is 13.9. The van der Waals surface area contributed by atoms with E-state index in [9.17, 15) is 14.9 Å². The standard InChI is InChI=1S/C22H26N2O5/c1-16-5-8-19(9-6-16)28-12-13-29-22(25)18-7-10-20(21(14-18)24(26)27)23-11-3-4-17(2)15-23/h5-10,14,17H,3-4,11-13,15H2,1-2H3/t17-/m0/s1. The maximum Gasteiger partial charge on any atom is 0.338 e. The minimum Gasteiger partial charge on any atom is -0.490 e. The number of benzene rings is 2. The van der Waals surface area contributed by atoms with Gasteiger partial charge in [0, 0.05) is 19.2 Å². The summed E-state index contributed by atoms with van der Waals surface area (Å²) in [6.07, 6.45) is 2.13. The molecule has 0 aromatic heterocycles. The van der Waals surface area contributed by atoms with Crippen LogP contribution >= 0.6 is 0 Å². The summed E-state index contributed by atoms with van der Waals surface area (Å²) in [5, 5.41) is 11.6. The Hall–Kier alpha value is -3.09. The van der Waals surface area contributed by atoms with Crippen molar-refractivity contribution in [3.05, 3.63) is 63.7 Å². The quantitative estimate of drug-likeness (QED) is 0.298. The molecule has 0 unspecified atom stereocenters. The van der Waals surface area contributed by atoms with Crippen LogP contribution in [0.2, 0.25) is 0 Å². The van der Waals surface area contributed by atoms with Gasteiger partial charge in [-0.15, -0.1) is 0 Å². The number of rotatable bonds is 7. The van der Waals surface area contributed by atoms with Crippen LogP contribution in [0.1, 0.15) is 35.7 Å². The van der Waals surface area contributed by atoms with E-state index in [0.717, 1.165) is 31.5 Å². The first kappa shape index (κ1) is 20.6. The Bertz CT molecular complexity index is 866. The monoisotopic (exact) mass is 398 g/mol. The third-order valence-electron chi connectivity index (χ3n) is 5.01. The molecule has 0 radical (unpaired) electrons. The Balaban J connectivity index is 1.60. The molecule has 7 heteroatoms. The number of piperidine rings is 1. The summed E-state index contributed by atoms with van der Waals surface area (Å²) in [5.41, 5.74) is 1.79. The molecular weight excluding hydrogens is 372 g/mol. The first-order valence-corrected chi connectivity index (χ1v) is 9.84. The molecule has 1 aliphatic rings. The van der Waals surface area contributed by atoms with Crippen molar-refractivity contribution in [3.63, 3.8) is 0 Å². The number of nitro groups is 1. The van der Waals surface area contributed by atoms with Gasteiger partial charge in [-0.3, -0.25) is 10.1 Å². The number of carbonyl (C=O) groups excluding carboxylic acids is 1. The number of aryl methyl sites for hydroxylation is 1. The zero-order chi connectivity index (χ0) is 20.8. The average molecular weight is 398 g/mol. The van der Waals surface area contributed by atoms with Gasteiger partial charge in [0.05, 0.1) is 10.5 Å². The van der Waals surface area contributed by atoms with Gasteiger partial charge in [-0.25, -0.2) is 4.79 Å². The van der Waals surface area contributed by atoms with Gasteiger partial charge in [0.25, 0.3) is 5.69 Å². The lowest BCUT2D eigenvalue weighted by molar-refractivity contribution is -0.384. The molecule has 154 valence electrons. The molecule has 0 saturated carbocycles. The molecule has 29 heavy (non-hydrogen) atoms. The third kappa shape index (κ3) is 5.47. The molecular formula is C22H26N2O5. The van der Waals surface area contributed by atoms with Crippen molar-refractivity contribution in [1.29, 1.82) is 0 Å². The summed E-state index contributed by atoms with van der Waals surface area (Å²) in [5.74, 6) is 0.586. The van der Waals surface area contributed by atoms with Crippen molar-refractivity contribution in [2.24, 2.45) is 5.92 Å². The van der Waals surface area contributed by atoms with Gasteiger partial charge < -0.3 is 14.4 Å². The molecule has 0 amide bonds. The molecule has 0 bridgehead atoms. The number of hydrogen-bond donors (Lipinski definition) is 0. The Morgan fingerprint density at radius 2 is 1.97 bits per heavy atom.